The van der Waals surface area contributed by atoms with Gasteiger partial charge in [0, 0.05) is 0 Å². The Balaban J connectivity index is 2.33. The zero-order valence-corrected chi connectivity index (χ0v) is 8.39. The van der Waals surface area contributed by atoms with Crippen LogP contribution in [0.5, 0.6) is 5.06 Å². The number of fused-ring (bicyclic) bond motifs is 1. The summed E-state index contributed by atoms with van der Waals surface area (Å²) in [6.07, 6.45) is 0.944. The number of aldehydes is 1. The molecule has 5 heteroatoms. The Morgan fingerprint density at radius 2 is 2.50 bits per heavy atom. The molecule has 14 heavy (non-hydrogen) atoms. The maximum atomic E-state index is 11.4. The summed E-state index contributed by atoms with van der Waals surface area (Å²) >= 11 is 1.25. The highest BCUT2D eigenvalue weighted by atomic mass is 32.1. The van der Waals surface area contributed by atoms with E-state index >= 15 is 0 Å². The van der Waals surface area contributed by atoms with Gasteiger partial charge in [0.15, 0.2) is 17.5 Å². The summed E-state index contributed by atoms with van der Waals surface area (Å²) in [5, 5.41) is 3.33. The van der Waals surface area contributed by atoms with Crippen molar-refractivity contribution in [2.24, 2.45) is 0 Å². The fourth-order valence-corrected chi connectivity index (χ4v) is 2.11. The van der Waals surface area contributed by atoms with Crippen LogP contribution in [0.3, 0.4) is 0 Å². The van der Waals surface area contributed by atoms with Crippen LogP contribution in [0.25, 0.3) is 0 Å². The monoisotopic (exact) mass is 211 g/mol. The van der Waals surface area contributed by atoms with E-state index in [1.807, 2.05) is 6.92 Å². The van der Waals surface area contributed by atoms with E-state index in [9.17, 15) is 9.59 Å². The second-order valence-corrected chi connectivity index (χ2v) is 4.02. The topological polar surface area (TPSA) is 55.4 Å². The average molecular weight is 211 g/mol. The normalized spacial score (nSPS) is 19.5. The number of amides is 1. The van der Waals surface area contributed by atoms with Crippen molar-refractivity contribution in [1.82, 2.24) is 0 Å². The molecule has 0 aromatic carbocycles. The van der Waals surface area contributed by atoms with Crippen LogP contribution >= 0.6 is 11.3 Å². The first kappa shape index (κ1) is 9.21. The number of ether oxygens (including phenoxy) is 1. The van der Waals surface area contributed by atoms with Crippen molar-refractivity contribution in [1.29, 1.82) is 0 Å². The van der Waals surface area contributed by atoms with Crippen LogP contribution in [-0.4, -0.2) is 18.3 Å². The highest BCUT2D eigenvalue weighted by molar-refractivity contribution is 7.16. The summed E-state index contributed by atoms with van der Waals surface area (Å²) in [5.74, 6) is -0.143. The standard InChI is InChI=1S/C9H9NO3S/c1-2-7-8(12)10-6-3-5(4-11)14-9(6)13-7/h3-4,7H,2H2,1H3,(H,10,12). The van der Waals surface area contributed by atoms with Gasteiger partial charge in [-0.3, -0.25) is 9.59 Å². The highest BCUT2D eigenvalue weighted by Gasteiger charge is 2.27. The molecule has 0 fully saturated rings. The Morgan fingerprint density at radius 3 is 3.14 bits per heavy atom. The van der Waals surface area contributed by atoms with Crippen LogP contribution in [0, 0.1) is 0 Å². The third kappa shape index (κ3) is 1.39. The first-order chi connectivity index (χ1) is 6.74. The number of carbonyl (C=O) groups excluding carboxylic acids is 2. The van der Waals surface area contributed by atoms with E-state index in [0.717, 1.165) is 6.29 Å². The van der Waals surface area contributed by atoms with Crippen LogP contribution in [0.1, 0.15) is 23.0 Å². The van der Waals surface area contributed by atoms with Gasteiger partial charge in [0.25, 0.3) is 5.91 Å². The van der Waals surface area contributed by atoms with E-state index in [1.165, 1.54) is 11.3 Å². The molecular weight excluding hydrogens is 202 g/mol. The predicted molar refractivity (Wildman–Crippen MR) is 53.0 cm³/mol. The third-order valence-corrected chi connectivity index (χ3v) is 2.95. The van der Waals surface area contributed by atoms with E-state index in [0.29, 0.717) is 22.0 Å². The zero-order valence-electron chi connectivity index (χ0n) is 7.57. The smallest absolute Gasteiger partial charge is 0.265 e. The Bertz CT molecular complexity index is 385. The number of anilines is 1. The summed E-state index contributed by atoms with van der Waals surface area (Å²) < 4.78 is 5.42. The molecule has 0 aliphatic carbocycles. The van der Waals surface area contributed by atoms with Gasteiger partial charge < -0.3 is 10.1 Å². The van der Waals surface area contributed by atoms with Crippen LogP contribution in [0.4, 0.5) is 5.69 Å². The average Bonchev–Trinajstić information content (AvgIpc) is 2.58. The van der Waals surface area contributed by atoms with Gasteiger partial charge in [-0.25, -0.2) is 0 Å². The van der Waals surface area contributed by atoms with Crippen molar-refractivity contribution in [3.63, 3.8) is 0 Å². The van der Waals surface area contributed by atoms with E-state index < -0.39 is 6.10 Å². The van der Waals surface area contributed by atoms with Gasteiger partial charge in [-0.05, 0) is 12.5 Å². The highest BCUT2D eigenvalue weighted by Crippen LogP contribution is 2.38. The van der Waals surface area contributed by atoms with Gasteiger partial charge in [0.2, 0.25) is 0 Å². The first-order valence-corrected chi connectivity index (χ1v) is 5.12. The zero-order chi connectivity index (χ0) is 10.1. The molecule has 4 nitrogen and oxygen atoms in total. The molecule has 0 saturated heterocycles. The van der Waals surface area contributed by atoms with Crippen LogP contribution < -0.4 is 10.1 Å². The van der Waals surface area contributed by atoms with Crippen molar-refractivity contribution >= 4 is 29.2 Å². The molecule has 0 spiro atoms. The van der Waals surface area contributed by atoms with E-state index in [-0.39, 0.29) is 5.91 Å². The molecule has 0 saturated carbocycles. The Labute approximate surface area is 84.9 Å². The lowest BCUT2D eigenvalue weighted by Crippen LogP contribution is -2.35. The summed E-state index contributed by atoms with van der Waals surface area (Å²) in [6, 6.07) is 1.62. The van der Waals surface area contributed by atoms with Crippen LogP contribution in [0.15, 0.2) is 6.07 Å². The second-order valence-electron chi connectivity index (χ2n) is 2.97. The number of hydrogen-bond donors (Lipinski definition) is 1. The molecule has 2 rings (SSSR count). The molecule has 1 aromatic heterocycles. The molecule has 1 amide bonds. The van der Waals surface area contributed by atoms with Crippen LogP contribution in [-0.2, 0) is 4.79 Å². The SMILES string of the molecule is CCC1Oc2sc(C=O)cc2NC1=O. The van der Waals surface area contributed by atoms with Gasteiger partial charge in [-0.2, -0.15) is 0 Å². The van der Waals surface area contributed by atoms with Crippen molar-refractivity contribution in [2.45, 2.75) is 19.4 Å². The molecule has 2 heterocycles. The Morgan fingerprint density at radius 1 is 1.71 bits per heavy atom. The number of nitrogens with one attached hydrogen (secondary N) is 1. The van der Waals surface area contributed by atoms with Gasteiger partial charge in [-0.15, -0.1) is 0 Å². The fourth-order valence-electron chi connectivity index (χ4n) is 1.29. The lowest BCUT2D eigenvalue weighted by atomic mass is 10.2. The Hall–Kier alpha value is -1.36. The van der Waals surface area contributed by atoms with E-state index in [4.69, 9.17) is 4.74 Å². The summed E-state index contributed by atoms with van der Waals surface area (Å²) in [4.78, 5) is 22.4. The van der Waals surface area contributed by atoms with Crippen LogP contribution in [0.2, 0.25) is 0 Å². The van der Waals surface area contributed by atoms with Gasteiger partial charge in [0.05, 0.1) is 10.6 Å². The first-order valence-electron chi connectivity index (χ1n) is 4.31. The maximum Gasteiger partial charge on any atom is 0.265 e. The molecular formula is C9H9NO3S. The fraction of sp³-hybridized carbons (Fsp3) is 0.333. The number of hydrogen-bond acceptors (Lipinski definition) is 4. The number of carbonyl (C=O) groups is 2. The largest absolute Gasteiger partial charge is 0.469 e. The molecule has 0 bridgehead atoms. The molecule has 1 aliphatic rings. The molecule has 0 radical (unpaired) electrons. The van der Waals surface area contributed by atoms with Gasteiger partial charge >= 0.3 is 0 Å². The minimum absolute atomic E-state index is 0.143. The molecule has 1 atom stereocenters. The number of thiophene rings is 1. The maximum absolute atomic E-state index is 11.4. The van der Waals surface area contributed by atoms with Gasteiger partial charge in [0.1, 0.15) is 0 Å². The predicted octanol–water partition coefficient (Wildman–Crippen LogP) is 1.67. The van der Waals surface area contributed by atoms with Crippen molar-refractivity contribution in [3.8, 4) is 5.06 Å². The quantitative estimate of drug-likeness (QED) is 0.757. The number of rotatable bonds is 2. The van der Waals surface area contributed by atoms with Crippen molar-refractivity contribution in [2.75, 3.05) is 5.32 Å². The van der Waals surface area contributed by atoms with E-state index in [2.05, 4.69) is 5.32 Å². The Kier molecular flexibility index (Phi) is 2.25. The molecule has 1 aromatic rings. The minimum Gasteiger partial charge on any atom is -0.469 e. The summed E-state index contributed by atoms with van der Waals surface area (Å²) in [7, 11) is 0. The van der Waals surface area contributed by atoms with Crippen molar-refractivity contribution in [3.05, 3.63) is 10.9 Å². The lowest BCUT2D eigenvalue weighted by Gasteiger charge is -2.21. The second kappa shape index (κ2) is 3.42. The molecule has 1 N–H and O–H groups in total. The summed E-state index contributed by atoms with van der Waals surface area (Å²) in [5.41, 5.74) is 0.604. The molecule has 1 unspecified atom stereocenters. The van der Waals surface area contributed by atoms with Crippen molar-refractivity contribution < 1.29 is 14.3 Å². The van der Waals surface area contributed by atoms with Gasteiger partial charge in [-0.1, -0.05) is 18.3 Å². The third-order valence-electron chi connectivity index (χ3n) is 2.00. The lowest BCUT2D eigenvalue weighted by molar-refractivity contribution is -0.123. The molecule has 1 aliphatic heterocycles. The van der Waals surface area contributed by atoms with E-state index in [1.54, 1.807) is 6.07 Å². The summed E-state index contributed by atoms with van der Waals surface area (Å²) in [6.45, 7) is 1.88. The molecule has 74 valence electrons. The minimum atomic E-state index is -0.430.